The Labute approximate surface area is 61.0 Å². The number of amides is 1. The fourth-order valence-corrected chi connectivity index (χ4v) is 1.22. The molecule has 0 spiro atoms. The van der Waals surface area contributed by atoms with Crippen molar-refractivity contribution in [1.29, 1.82) is 0 Å². The summed E-state index contributed by atoms with van der Waals surface area (Å²) < 4.78 is 0. The van der Waals surface area contributed by atoms with E-state index in [1.165, 1.54) is 6.42 Å². The van der Waals surface area contributed by atoms with Gasteiger partial charge in [-0.15, -0.1) is 0 Å². The first-order valence-electron chi connectivity index (χ1n) is 3.67. The van der Waals surface area contributed by atoms with Crippen LogP contribution in [0.3, 0.4) is 0 Å². The van der Waals surface area contributed by atoms with Crippen molar-refractivity contribution in [1.82, 2.24) is 5.32 Å². The monoisotopic (exact) mass is 142 g/mol. The standard InChI is InChI=1S/C7H14N2O/c1-7(3-2-4-7)9-6(10)5-8/h2-5,8H2,1H3,(H,9,10). The van der Waals surface area contributed by atoms with Crippen LogP contribution in [0.1, 0.15) is 26.2 Å². The summed E-state index contributed by atoms with van der Waals surface area (Å²) in [5, 5.41) is 2.88. The minimum Gasteiger partial charge on any atom is -0.350 e. The Morgan fingerprint density at radius 3 is 2.60 bits per heavy atom. The maximum Gasteiger partial charge on any atom is 0.234 e. The Morgan fingerprint density at radius 2 is 2.30 bits per heavy atom. The Morgan fingerprint density at radius 1 is 1.70 bits per heavy atom. The van der Waals surface area contributed by atoms with Gasteiger partial charge in [0.05, 0.1) is 6.54 Å². The highest BCUT2D eigenvalue weighted by molar-refractivity contribution is 5.78. The van der Waals surface area contributed by atoms with E-state index in [-0.39, 0.29) is 18.0 Å². The molecule has 0 unspecified atom stereocenters. The van der Waals surface area contributed by atoms with Crippen LogP contribution in [0.2, 0.25) is 0 Å². The van der Waals surface area contributed by atoms with Crippen LogP contribution >= 0.6 is 0 Å². The van der Waals surface area contributed by atoms with E-state index in [1.807, 2.05) is 0 Å². The first kappa shape index (κ1) is 7.54. The van der Waals surface area contributed by atoms with Gasteiger partial charge in [0.15, 0.2) is 0 Å². The predicted octanol–water partition coefficient (Wildman–Crippen LogP) is 0.00390. The van der Waals surface area contributed by atoms with Gasteiger partial charge in [-0.1, -0.05) is 0 Å². The number of rotatable bonds is 2. The molecule has 0 aromatic heterocycles. The third-order valence-electron chi connectivity index (χ3n) is 2.08. The van der Waals surface area contributed by atoms with Gasteiger partial charge < -0.3 is 11.1 Å². The third-order valence-corrected chi connectivity index (χ3v) is 2.08. The lowest BCUT2D eigenvalue weighted by Gasteiger charge is -2.39. The number of nitrogens with one attached hydrogen (secondary N) is 1. The summed E-state index contributed by atoms with van der Waals surface area (Å²) >= 11 is 0. The molecule has 3 heteroatoms. The van der Waals surface area contributed by atoms with Crippen molar-refractivity contribution in [2.75, 3.05) is 6.54 Å². The van der Waals surface area contributed by atoms with E-state index in [1.54, 1.807) is 0 Å². The molecule has 0 aromatic carbocycles. The van der Waals surface area contributed by atoms with Crippen LogP contribution in [0.4, 0.5) is 0 Å². The van der Waals surface area contributed by atoms with Gasteiger partial charge in [0, 0.05) is 5.54 Å². The lowest BCUT2D eigenvalue weighted by Crippen LogP contribution is -2.52. The molecule has 3 N–H and O–H groups in total. The number of hydrogen-bond acceptors (Lipinski definition) is 2. The van der Waals surface area contributed by atoms with Crippen molar-refractivity contribution in [2.24, 2.45) is 5.73 Å². The maximum atomic E-state index is 10.8. The number of nitrogens with two attached hydrogens (primary N) is 1. The summed E-state index contributed by atoms with van der Waals surface area (Å²) in [5.41, 5.74) is 5.21. The minimum atomic E-state index is -0.0396. The van der Waals surface area contributed by atoms with E-state index in [4.69, 9.17) is 5.73 Å². The van der Waals surface area contributed by atoms with Gasteiger partial charge in [-0.3, -0.25) is 4.79 Å². The Kier molecular flexibility index (Phi) is 1.94. The van der Waals surface area contributed by atoms with Gasteiger partial charge in [0.25, 0.3) is 0 Å². The first-order chi connectivity index (χ1) is 4.66. The van der Waals surface area contributed by atoms with E-state index in [0.29, 0.717) is 0 Å². The lowest BCUT2D eigenvalue weighted by molar-refractivity contribution is -0.122. The number of carbonyl (C=O) groups is 1. The van der Waals surface area contributed by atoms with Crippen LogP contribution in [0.25, 0.3) is 0 Å². The number of carbonyl (C=O) groups excluding carboxylic acids is 1. The Bertz CT molecular complexity index is 141. The zero-order valence-electron chi connectivity index (χ0n) is 6.31. The van der Waals surface area contributed by atoms with Crippen LogP contribution in [0, 0.1) is 0 Å². The molecule has 1 aliphatic rings. The molecule has 0 aromatic rings. The van der Waals surface area contributed by atoms with Crippen LogP contribution < -0.4 is 11.1 Å². The van der Waals surface area contributed by atoms with Crippen LogP contribution in [0.5, 0.6) is 0 Å². The molecule has 10 heavy (non-hydrogen) atoms. The lowest BCUT2D eigenvalue weighted by atomic mass is 9.78. The molecule has 1 fully saturated rings. The first-order valence-corrected chi connectivity index (χ1v) is 3.67. The number of hydrogen-bond donors (Lipinski definition) is 2. The third kappa shape index (κ3) is 1.48. The van der Waals surface area contributed by atoms with Crippen LogP contribution in [-0.2, 0) is 4.79 Å². The van der Waals surface area contributed by atoms with Crippen LogP contribution in [-0.4, -0.2) is 18.0 Å². The fraction of sp³-hybridized carbons (Fsp3) is 0.857. The second kappa shape index (κ2) is 2.58. The smallest absolute Gasteiger partial charge is 0.234 e. The Hall–Kier alpha value is -0.570. The molecule has 1 saturated carbocycles. The molecule has 58 valence electrons. The zero-order valence-corrected chi connectivity index (χ0v) is 6.31. The molecule has 0 bridgehead atoms. The second-order valence-corrected chi connectivity index (χ2v) is 3.17. The quantitative estimate of drug-likeness (QED) is 0.570. The molecule has 0 radical (unpaired) electrons. The molecule has 1 amide bonds. The summed E-state index contributed by atoms with van der Waals surface area (Å²) in [7, 11) is 0. The summed E-state index contributed by atoms with van der Waals surface area (Å²) in [6.45, 7) is 2.17. The van der Waals surface area contributed by atoms with Crippen molar-refractivity contribution in [2.45, 2.75) is 31.7 Å². The molecule has 3 nitrogen and oxygen atoms in total. The zero-order chi connectivity index (χ0) is 7.61. The largest absolute Gasteiger partial charge is 0.350 e. The highest BCUT2D eigenvalue weighted by Gasteiger charge is 2.32. The molecule has 0 saturated heterocycles. The van der Waals surface area contributed by atoms with E-state index in [9.17, 15) is 4.79 Å². The molecule has 0 heterocycles. The van der Waals surface area contributed by atoms with Gasteiger partial charge in [0.2, 0.25) is 5.91 Å². The summed E-state index contributed by atoms with van der Waals surface area (Å²) in [6.07, 6.45) is 3.42. The molecule has 1 aliphatic carbocycles. The normalized spacial score (nSPS) is 21.4. The van der Waals surface area contributed by atoms with Gasteiger partial charge in [0.1, 0.15) is 0 Å². The molecule has 0 atom stereocenters. The van der Waals surface area contributed by atoms with Crippen molar-refractivity contribution >= 4 is 5.91 Å². The fourth-order valence-electron chi connectivity index (χ4n) is 1.22. The van der Waals surface area contributed by atoms with E-state index < -0.39 is 0 Å². The summed E-state index contributed by atoms with van der Waals surface area (Å²) in [4.78, 5) is 10.8. The molecule has 1 rings (SSSR count). The van der Waals surface area contributed by atoms with Gasteiger partial charge in [-0.25, -0.2) is 0 Å². The minimum absolute atomic E-state index is 0.0396. The van der Waals surface area contributed by atoms with Crippen molar-refractivity contribution in [3.8, 4) is 0 Å². The maximum absolute atomic E-state index is 10.8. The van der Waals surface area contributed by atoms with Crippen molar-refractivity contribution in [3.05, 3.63) is 0 Å². The van der Waals surface area contributed by atoms with E-state index >= 15 is 0 Å². The molecular weight excluding hydrogens is 128 g/mol. The van der Waals surface area contributed by atoms with E-state index in [2.05, 4.69) is 12.2 Å². The van der Waals surface area contributed by atoms with Gasteiger partial charge in [-0.2, -0.15) is 0 Å². The average Bonchev–Trinajstić information content (AvgIpc) is 1.84. The second-order valence-electron chi connectivity index (χ2n) is 3.17. The topological polar surface area (TPSA) is 55.1 Å². The highest BCUT2D eigenvalue weighted by Crippen LogP contribution is 2.30. The van der Waals surface area contributed by atoms with Crippen LogP contribution in [0.15, 0.2) is 0 Å². The Balaban J connectivity index is 2.29. The van der Waals surface area contributed by atoms with Crippen molar-refractivity contribution < 1.29 is 4.79 Å². The highest BCUT2D eigenvalue weighted by atomic mass is 16.2. The molecule has 0 aliphatic heterocycles. The van der Waals surface area contributed by atoms with Gasteiger partial charge in [-0.05, 0) is 26.2 Å². The SMILES string of the molecule is CC1(NC(=O)CN)CCC1. The summed E-state index contributed by atoms with van der Waals surface area (Å²) in [6, 6.07) is 0. The van der Waals surface area contributed by atoms with E-state index in [0.717, 1.165) is 12.8 Å². The predicted molar refractivity (Wildman–Crippen MR) is 39.5 cm³/mol. The summed E-state index contributed by atoms with van der Waals surface area (Å²) in [5.74, 6) is -0.0396. The van der Waals surface area contributed by atoms with Gasteiger partial charge >= 0.3 is 0 Å². The average molecular weight is 142 g/mol. The van der Waals surface area contributed by atoms with Crippen molar-refractivity contribution in [3.63, 3.8) is 0 Å². The molecular formula is C7H14N2O.